The summed E-state index contributed by atoms with van der Waals surface area (Å²) in [6.07, 6.45) is -0.441. The van der Waals surface area contributed by atoms with Crippen LogP contribution in [0.1, 0.15) is 41.0 Å². The van der Waals surface area contributed by atoms with Gasteiger partial charge in [0.05, 0.1) is 6.61 Å². The van der Waals surface area contributed by atoms with Crippen LogP contribution in [-0.2, 0) is 9.09 Å². The van der Waals surface area contributed by atoms with E-state index in [0.717, 1.165) is 0 Å². The molecule has 0 bridgehead atoms. The standard InChI is InChI=1S/C13H29F2NO2P2/c1-8-18-20(7,17)10-9-13(14,15)19(6)16(11(2)3)12(4)5/h11-12H,8-10H2,1-7H3. The van der Waals surface area contributed by atoms with Gasteiger partial charge in [-0.2, -0.15) is 0 Å². The van der Waals surface area contributed by atoms with Crippen LogP contribution in [0.5, 0.6) is 0 Å². The maximum atomic E-state index is 14.4. The van der Waals surface area contributed by atoms with Crippen molar-refractivity contribution in [2.75, 3.05) is 26.1 Å². The fraction of sp³-hybridized carbons (Fsp3) is 1.00. The van der Waals surface area contributed by atoms with Crippen LogP contribution < -0.4 is 0 Å². The van der Waals surface area contributed by atoms with Crippen molar-refractivity contribution in [1.29, 1.82) is 0 Å². The zero-order valence-corrected chi connectivity index (χ0v) is 15.5. The molecule has 122 valence electrons. The summed E-state index contributed by atoms with van der Waals surface area (Å²) in [6, 6.07) is 0.134. The highest BCUT2D eigenvalue weighted by molar-refractivity contribution is 7.58. The van der Waals surface area contributed by atoms with Crippen LogP contribution in [0.2, 0.25) is 0 Å². The Morgan fingerprint density at radius 1 is 1.25 bits per heavy atom. The molecule has 7 heteroatoms. The minimum absolute atomic E-state index is 0.0649. The highest BCUT2D eigenvalue weighted by Gasteiger charge is 2.42. The zero-order valence-electron chi connectivity index (χ0n) is 13.7. The van der Waals surface area contributed by atoms with Crippen molar-refractivity contribution in [3.63, 3.8) is 0 Å². The van der Waals surface area contributed by atoms with Gasteiger partial charge in [-0.1, -0.05) is 0 Å². The van der Waals surface area contributed by atoms with Gasteiger partial charge in [-0.15, -0.1) is 0 Å². The largest absolute Gasteiger partial charge is 0.329 e. The van der Waals surface area contributed by atoms with Crippen LogP contribution >= 0.6 is 15.4 Å². The number of nitrogens with zero attached hydrogens (tertiary/aromatic N) is 1. The smallest absolute Gasteiger partial charge is 0.278 e. The Labute approximate surface area is 123 Å². The predicted octanol–water partition coefficient (Wildman–Crippen LogP) is 5.06. The van der Waals surface area contributed by atoms with E-state index < -0.39 is 21.1 Å². The van der Waals surface area contributed by atoms with Gasteiger partial charge in [0.25, 0.3) is 5.66 Å². The zero-order chi connectivity index (χ0) is 16.1. The molecule has 0 aromatic rings. The minimum atomic E-state index is -2.89. The van der Waals surface area contributed by atoms with E-state index in [1.807, 2.05) is 32.4 Å². The second kappa shape index (κ2) is 8.17. The summed E-state index contributed by atoms with van der Waals surface area (Å²) < 4.78 is 47.6. The first-order chi connectivity index (χ1) is 8.94. The molecule has 2 atom stereocenters. The minimum Gasteiger partial charge on any atom is -0.329 e. The van der Waals surface area contributed by atoms with Crippen LogP contribution in [0, 0.1) is 0 Å². The van der Waals surface area contributed by atoms with Crippen molar-refractivity contribution in [2.45, 2.75) is 58.8 Å². The second-order valence-corrected chi connectivity index (χ2v) is 10.6. The lowest BCUT2D eigenvalue weighted by Gasteiger charge is -2.40. The summed E-state index contributed by atoms with van der Waals surface area (Å²) in [7, 11) is -4.50. The third-order valence-corrected chi connectivity index (χ3v) is 7.73. The molecule has 0 aliphatic rings. The van der Waals surface area contributed by atoms with Crippen molar-refractivity contribution in [1.82, 2.24) is 4.67 Å². The van der Waals surface area contributed by atoms with Gasteiger partial charge in [0.1, 0.15) is 0 Å². The third-order valence-electron chi connectivity index (χ3n) is 3.10. The molecule has 0 aliphatic carbocycles. The number of hydrogen-bond acceptors (Lipinski definition) is 3. The molecule has 0 rings (SSSR count). The summed E-state index contributed by atoms with van der Waals surface area (Å²) in [6.45, 7) is 12.8. The normalized spacial score (nSPS) is 17.8. The lowest BCUT2D eigenvalue weighted by molar-refractivity contribution is 0.0828. The molecule has 0 amide bonds. The average molecular weight is 331 g/mol. The van der Waals surface area contributed by atoms with Gasteiger partial charge in [0.15, 0.2) is 7.37 Å². The Morgan fingerprint density at radius 2 is 1.70 bits per heavy atom. The van der Waals surface area contributed by atoms with E-state index >= 15 is 0 Å². The van der Waals surface area contributed by atoms with Gasteiger partial charge in [-0.25, -0.2) is 8.78 Å². The summed E-state index contributed by atoms with van der Waals surface area (Å²) in [5, 5.41) is 0. The fourth-order valence-electron chi connectivity index (χ4n) is 2.30. The van der Waals surface area contributed by atoms with Crippen molar-refractivity contribution >= 4 is 15.4 Å². The monoisotopic (exact) mass is 331 g/mol. The van der Waals surface area contributed by atoms with E-state index in [1.54, 1.807) is 13.6 Å². The molecule has 0 aromatic carbocycles. The van der Waals surface area contributed by atoms with Gasteiger partial charge in [0, 0.05) is 39.4 Å². The van der Waals surface area contributed by atoms with E-state index in [-0.39, 0.29) is 24.7 Å². The van der Waals surface area contributed by atoms with Gasteiger partial charge < -0.3 is 4.52 Å². The molecule has 3 nitrogen and oxygen atoms in total. The van der Waals surface area contributed by atoms with Crippen LogP contribution in [0.25, 0.3) is 0 Å². The lowest BCUT2D eigenvalue weighted by atomic mass is 10.3. The van der Waals surface area contributed by atoms with Crippen molar-refractivity contribution in [3.05, 3.63) is 0 Å². The van der Waals surface area contributed by atoms with E-state index in [2.05, 4.69) is 0 Å². The number of halogens is 2. The summed E-state index contributed by atoms with van der Waals surface area (Å²) in [5.74, 6) is 0. The van der Waals surface area contributed by atoms with Crippen LogP contribution in [0.3, 0.4) is 0 Å². The molecule has 0 N–H and O–H groups in total. The third kappa shape index (κ3) is 6.47. The Balaban J connectivity index is 4.81. The van der Waals surface area contributed by atoms with E-state index in [1.165, 1.54) is 6.66 Å². The van der Waals surface area contributed by atoms with Crippen molar-refractivity contribution in [3.8, 4) is 0 Å². The SMILES string of the molecule is CCOP(C)(=O)CCC(F)(F)P(C)N(C(C)C)C(C)C. The number of hydrogen-bond donors (Lipinski definition) is 0. The first kappa shape index (κ1) is 20.4. The van der Waals surface area contributed by atoms with E-state index in [0.29, 0.717) is 6.61 Å². The molecule has 0 heterocycles. The van der Waals surface area contributed by atoms with Crippen molar-refractivity contribution in [2.24, 2.45) is 0 Å². The molecule has 2 unspecified atom stereocenters. The van der Waals surface area contributed by atoms with Gasteiger partial charge in [0.2, 0.25) is 0 Å². The van der Waals surface area contributed by atoms with Gasteiger partial charge in [-0.3, -0.25) is 9.24 Å². The molecule has 0 aliphatic heterocycles. The molecule has 0 radical (unpaired) electrons. The second-order valence-electron chi connectivity index (χ2n) is 5.66. The molecule has 0 saturated carbocycles. The highest BCUT2D eigenvalue weighted by Crippen LogP contribution is 2.58. The molecular weight excluding hydrogens is 302 g/mol. The van der Waals surface area contributed by atoms with E-state index in [9.17, 15) is 13.3 Å². The predicted molar refractivity (Wildman–Crippen MR) is 84.5 cm³/mol. The van der Waals surface area contributed by atoms with Crippen LogP contribution in [0.4, 0.5) is 8.78 Å². The van der Waals surface area contributed by atoms with E-state index in [4.69, 9.17) is 4.52 Å². The first-order valence-corrected chi connectivity index (χ1v) is 11.1. The average Bonchev–Trinajstić information content (AvgIpc) is 2.25. The molecule has 0 aromatic heterocycles. The quantitative estimate of drug-likeness (QED) is 0.553. The number of rotatable bonds is 9. The maximum absolute atomic E-state index is 14.4. The highest BCUT2D eigenvalue weighted by atomic mass is 31.2. The van der Waals surface area contributed by atoms with Gasteiger partial charge in [-0.05, 0) is 41.3 Å². The van der Waals surface area contributed by atoms with Gasteiger partial charge >= 0.3 is 0 Å². The Hall–Kier alpha value is 0.440. The Bertz CT molecular complexity index is 330. The first-order valence-electron chi connectivity index (χ1n) is 7.05. The molecular formula is C13H29F2NO2P2. The molecule has 0 spiro atoms. The van der Waals surface area contributed by atoms with Crippen LogP contribution in [-0.4, -0.2) is 48.5 Å². The Kier molecular flexibility index (Phi) is 8.35. The molecule has 20 heavy (non-hydrogen) atoms. The number of alkyl halides is 2. The van der Waals surface area contributed by atoms with Crippen molar-refractivity contribution < 1.29 is 17.9 Å². The summed E-state index contributed by atoms with van der Waals surface area (Å²) in [4.78, 5) is 0. The lowest BCUT2D eigenvalue weighted by Crippen LogP contribution is -2.37. The topological polar surface area (TPSA) is 29.5 Å². The summed E-state index contributed by atoms with van der Waals surface area (Å²) in [5.41, 5.74) is -2.81. The van der Waals surface area contributed by atoms with Crippen LogP contribution in [0.15, 0.2) is 0 Å². The molecule has 0 saturated heterocycles. The Morgan fingerprint density at radius 3 is 2.05 bits per heavy atom. The molecule has 0 fully saturated rings. The fourth-order valence-corrected chi connectivity index (χ4v) is 5.99. The maximum Gasteiger partial charge on any atom is 0.278 e. The summed E-state index contributed by atoms with van der Waals surface area (Å²) >= 11 is 0.